The third-order valence-electron chi connectivity index (χ3n) is 0.481. The smallest absolute Gasteiger partial charge is 0.274 e. The molecule has 0 aromatic heterocycles. The van der Waals surface area contributed by atoms with Gasteiger partial charge in [0.25, 0.3) is 0 Å². The summed E-state index contributed by atoms with van der Waals surface area (Å²) in [5.74, 6) is 14.1. The minimum absolute atomic E-state index is 0. The van der Waals surface area contributed by atoms with Crippen LogP contribution in [0.3, 0.4) is 0 Å². The van der Waals surface area contributed by atoms with Crippen molar-refractivity contribution in [1.82, 2.24) is 16.1 Å². The van der Waals surface area contributed by atoms with Crippen molar-refractivity contribution >= 4 is 18.4 Å². The maximum Gasteiger partial charge on any atom is 0.361 e. The maximum atomic E-state index is 10.2. The van der Waals surface area contributed by atoms with Crippen molar-refractivity contribution in [3.05, 3.63) is 0 Å². The molecule has 9 heavy (non-hydrogen) atoms. The Labute approximate surface area is 57.8 Å². The zero-order valence-corrected chi connectivity index (χ0v) is 5.31. The minimum Gasteiger partial charge on any atom is -0.274 e. The van der Waals surface area contributed by atoms with E-state index in [1.165, 1.54) is 0 Å². The number of hydrogen-bond acceptors (Lipinski definition) is 5. The van der Waals surface area contributed by atoms with Gasteiger partial charge in [-0.25, -0.2) is 16.5 Å². The average Bonchev–Trinajstić information content (AvgIpc) is 1.84. The molecule has 0 fully saturated rings. The molecule has 0 aliphatic carbocycles. The lowest BCUT2D eigenvalue weighted by Gasteiger charge is -2.11. The fourth-order valence-corrected chi connectivity index (χ4v) is 0.128. The largest absolute Gasteiger partial charge is 0.361 e. The first-order valence-corrected chi connectivity index (χ1v) is 1.74. The van der Waals surface area contributed by atoms with Crippen molar-refractivity contribution in [2.75, 3.05) is 0 Å². The van der Waals surface area contributed by atoms with Gasteiger partial charge in [-0.1, -0.05) is 0 Å². The van der Waals surface area contributed by atoms with Crippen LogP contribution in [0.15, 0.2) is 0 Å². The van der Waals surface area contributed by atoms with Crippen LogP contribution >= 0.6 is 12.4 Å². The summed E-state index contributed by atoms with van der Waals surface area (Å²) in [6.07, 6.45) is 0. The van der Waals surface area contributed by atoms with Gasteiger partial charge in [-0.05, 0) is 0 Å². The third kappa shape index (κ3) is 3.94. The number of nitrogens with zero attached hydrogens (tertiary/aromatic N) is 1. The quantitative estimate of drug-likeness (QED) is 0.164. The predicted molar refractivity (Wildman–Crippen MR) is 33.3 cm³/mol. The second kappa shape index (κ2) is 5.54. The zero-order chi connectivity index (χ0) is 6.57. The predicted octanol–water partition coefficient (Wildman–Crippen LogP) is -2.45. The Morgan fingerprint density at radius 3 is 2.00 bits per heavy atom. The average molecular weight is 157 g/mol. The van der Waals surface area contributed by atoms with Gasteiger partial charge in [-0.15, -0.1) is 12.4 Å². The van der Waals surface area contributed by atoms with E-state index in [4.69, 9.17) is 5.84 Å². The highest BCUT2D eigenvalue weighted by molar-refractivity contribution is 5.85. The summed E-state index contributed by atoms with van der Waals surface area (Å²) in [6.45, 7) is 0. The number of nitrogens with one attached hydrogen (secondary N) is 2. The summed E-state index contributed by atoms with van der Waals surface area (Å²) < 4.78 is 0. The van der Waals surface area contributed by atoms with Crippen LogP contribution in [0.25, 0.3) is 0 Å². The fourth-order valence-electron chi connectivity index (χ4n) is 0.128. The Kier molecular flexibility index (Phi) is 6.91. The lowest BCUT2D eigenvalue weighted by atomic mass is 11.1. The number of amides is 2. The van der Waals surface area contributed by atoms with Gasteiger partial charge < -0.3 is 0 Å². The van der Waals surface area contributed by atoms with Crippen LogP contribution in [0.1, 0.15) is 0 Å². The van der Waals surface area contributed by atoms with Crippen LogP contribution in [0, 0.1) is 0 Å². The summed E-state index contributed by atoms with van der Waals surface area (Å²) in [5, 5.41) is 0.500. The van der Waals surface area contributed by atoms with E-state index in [0.29, 0.717) is 5.12 Å². The van der Waals surface area contributed by atoms with Gasteiger partial charge >= 0.3 is 6.03 Å². The van der Waals surface area contributed by atoms with Gasteiger partial charge in [0, 0.05) is 0 Å². The van der Waals surface area contributed by atoms with E-state index in [9.17, 15) is 4.79 Å². The van der Waals surface area contributed by atoms with Gasteiger partial charge in [-0.2, -0.15) is 10.7 Å². The summed E-state index contributed by atoms with van der Waals surface area (Å²) in [4.78, 5) is 10.2. The van der Waals surface area contributed by atoms with Crippen molar-refractivity contribution in [2.24, 2.45) is 17.5 Å². The topological polar surface area (TPSA) is 122 Å². The SMILES string of the molecule is Cl.NNC(=O)N(N)NN. The standard InChI is InChI=1S/CH8N6O.ClH/c2-5-1(8)7(4)6-3;/h6H,2-4H2,(H,5,8);1H. The minimum atomic E-state index is -0.715. The molecular weight excluding hydrogens is 148 g/mol. The molecule has 0 radical (unpaired) electrons. The highest BCUT2D eigenvalue weighted by Crippen LogP contribution is 1.63. The lowest BCUT2D eigenvalue weighted by Crippen LogP contribution is -2.56. The zero-order valence-electron chi connectivity index (χ0n) is 4.50. The molecule has 0 spiro atoms. The maximum absolute atomic E-state index is 10.2. The molecule has 0 aromatic carbocycles. The highest BCUT2D eigenvalue weighted by atomic mass is 35.5. The Morgan fingerprint density at radius 2 is 1.89 bits per heavy atom. The Balaban J connectivity index is 0. The van der Waals surface area contributed by atoms with Gasteiger partial charge in [0.1, 0.15) is 0 Å². The monoisotopic (exact) mass is 156 g/mol. The van der Waals surface area contributed by atoms with Crippen LogP contribution in [0.2, 0.25) is 0 Å². The van der Waals surface area contributed by atoms with Crippen LogP contribution in [0.4, 0.5) is 4.79 Å². The van der Waals surface area contributed by atoms with Crippen molar-refractivity contribution in [1.29, 1.82) is 0 Å². The van der Waals surface area contributed by atoms with E-state index in [-0.39, 0.29) is 12.4 Å². The summed E-state index contributed by atoms with van der Waals surface area (Å²) >= 11 is 0. The third-order valence-corrected chi connectivity index (χ3v) is 0.481. The van der Waals surface area contributed by atoms with E-state index in [2.05, 4.69) is 11.7 Å². The number of rotatable bonds is 1. The molecule has 0 aliphatic heterocycles. The van der Waals surface area contributed by atoms with E-state index in [1.807, 2.05) is 5.53 Å². The molecule has 7 nitrogen and oxygen atoms in total. The molecule has 0 saturated carbocycles. The lowest BCUT2D eigenvalue weighted by molar-refractivity contribution is 0.172. The van der Waals surface area contributed by atoms with Crippen LogP contribution in [-0.2, 0) is 0 Å². The summed E-state index contributed by atoms with van der Waals surface area (Å²) in [5.41, 5.74) is 3.57. The molecule has 0 unspecified atom stereocenters. The van der Waals surface area contributed by atoms with E-state index >= 15 is 0 Å². The second-order valence-electron chi connectivity index (χ2n) is 0.949. The Bertz CT molecular complexity index is 85.1. The van der Waals surface area contributed by atoms with Gasteiger partial charge in [-0.3, -0.25) is 11.3 Å². The van der Waals surface area contributed by atoms with E-state index in [1.54, 1.807) is 5.43 Å². The van der Waals surface area contributed by atoms with E-state index in [0.717, 1.165) is 0 Å². The molecule has 8 heteroatoms. The van der Waals surface area contributed by atoms with Crippen LogP contribution < -0.4 is 28.5 Å². The fraction of sp³-hybridized carbons (Fsp3) is 0. The first-order chi connectivity index (χ1) is 3.72. The molecule has 0 rings (SSSR count). The molecule has 0 bridgehead atoms. The number of halogens is 1. The molecule has 8 N–H and O–H groups in total. The molecule has 2 amide bonds. The van der Waals surface area contributed by atoms with Gasteiger partial charge in [0.05, 0.1) is 0 Å². The van der Waals surface area contributed by atoms with E-state index < -0.39 is 6.03 Å². The molecule has 0 heterocycles. The van der Waals surface area contributed by atoms with Crippen LogP contribution in [-0.4, -0.2) is 11.1 Å². The summed E-state index contributed by atoms with van der Waals surface area (Å²) in [6, 6.07) is -0.715. The number of carbonyl (C=O) groups excluding carboxylic acids is 1. The molecule has 0 aliphatic rings. The number of carbonyl (C=O) groups is 1. The summed E-state index contributed by atoms with van der Waals surface area (Å²) in [7, 11) is 0. The van der Waals surface area contributed by atoms with Gasteiger partial charge in [0.15, 0.2) is 0 Å². The number of urea groups is 1. The van der Waals surface area contributed by atoms with Gasteiger partial charge in [0.2, 0.25) is 0 Å². The normalized spacial score (nSPS) is 7.44. The molecular formula is CH9ClN6O. The Hall–Kier alpha value is -0.600. The molecule has 0 saturated heterocycles. The molecule has 0 aromatic rings. The molecule has 56 valence electrons. The first-order valence-electron chi connectivity index (χ1n) is 1.74. The first kappa shape index (κ1) is 11.2. The van der Waals surface area contributed by atoms with Crippen molar-refractivity contribution in [2.45, 2.75) is 0 Å². The number of hydrazine groups is 4. The van der Waals surface area contributed by atoms with Crippen molar-refractivity contribution < 1.29 is 4.79 Å². The highest BCUT2D eigenvalue weighted by Gasteiger charge is 2.01. The van der Waals surface area contributed by atoms with Crippen molar-refractivity contribution in [3.8, 4) is 0 Å². The van der Waals surface area contributed by atoms with Crippen molar-refractivity contribution in [3.63, 3.8) is 0 Å². The molecule has 0 atom stereocenters. The second-order valence-corrected chi connectivity index (χ2v) is 0.949. The van der Waals surface area contributed by atoms with Crippen LogP contribution in [0.5, 0.6) is 0 Å². The number of nitrogens with two attached hydrogens (primary N) is 3. The number of hydrogen-bond donors (Lipinski definition) is 5. The Morgan fingerprint density at radius 1 is 1.44 bits per heavy atom.